The van der Waals surface area contributed by atoms with E-state index in [1.165, 1.54) is 16.7 Å². The quantitative estimate of drug-likeness (QED) is 0.544. The minimum atomic E-state index is -0.911. The lowest BCUT2D eigenvalue weighted by Gasteiger charge is -2.14. The van der Waals surface area contributed by atoms with Crippen molar-refractivity contribution in [3.05, 3.63) is 52.7 Å². The molecule has 3 rings (SSSR count). The number of nitrogens with two attached hydrogens (primary N) is 1. The van der Waals surface area contributed by atoms with E-state index >= 15 is 0 Å². The van der Waals surface area contributed by atoms with Crippen molar-refractivity contribution in [1.82, 2.24) is 9.55 Å². The molecule has 8 nitrogen and oxygen atoms in total. The molecule has 2 amide bonds. The van der Waals surface area contributed by atoms with Gasteiger partial charge < -0.3 is 26.0 Å². The second-order valence-corrected chi connectivity index (χ2v) is 5.80. The van der Waals surface area contributed by atoms with Crippen LogP contribution in [0.5, 0.6) is 0 Å². The van der Waals surface area contributed by atoms with Gasteiger partial charge in [-0.15, -0.1) is 0 Å². The van der Waals surface area contributed by atoms with Crippen LogP contribution in [-0.4, -0.2) is 34.3 Å². The molecule has 9 heteroatoms. The number of rotatable bonds is 5. The summed E-state index contributed by atoms with van der Waals surface area (Å²) >= 11 is 0. The van der Waals surface area contributed by atoms with Crippen molar-refractivity contribution in [1.29, 1.82) is 0 Å². The maximum atomic E-state index is 13.9. The predicted molar refractivity (Wildman–Crippen MR) is 101 cm³/mol. The SMILES string of the molecule is CNc1cc2c(cn1)cc(-c1ccc(F)c(NC(N)=O)c1)c(=O)n2CCO. The van der Waals surface area contributed by atoms with Crippen molar-refractivity contribution in [3.8, 4) is 11.1 Å². The number of nitrogens with zero attached hydrogens (tertiary/aromatic N) is 2. The van der Waals surface area contributed by atoms with E-state index in [0.717, 1.165) is 6.07 Å². The van der Waals surface area contributed by atoms with Crippen LogP contribution in [0.25, 0.3) is 22.0 Å². The molecule has 140 valence electrons. The number of carbonyl (C=O) groups excluding carboxylic acids is 1. The van der Waals surface area contributed by atoms with Crippen molar-refractivity contribution in [2.45, 2.75) is 6.54 Å². The van der Waals surface area contributed by atoms with Gasteiger partial charge in [0.1, 0.15) is 11.6 Å². The third kappa shape index (κ3) is 3.58. The zero-order valence-corrected chi connectivity index (χ0v) is 14.5. The van der Waals surface area contributed by atoms with Gasteiger partial charge in [-0.3, -0.25) is 4.79 Å². The Morgan fingerprint density at radius 3 is 2.78 bits per heavy atom. The topological polar surface area (TPSA) is 122 Å². The molecular weight excluding hydrogens is 353 g/mol. The normalized spacial score (nSPS) is 10.8. The molecule has 0 fully saturated rings. The number of aliphatic hydroxyl groups excluding tert-OH is 1. The Morgan fingerprint density at radius 2 is 2.11 bits per heavy atom. The third-order valence-electron chi connectivity index (χ3n) is 4.09. The lowest BCUT2D eigenvalue weighted by molar-refractivity contribution is 0.259. The van der Waals surface area contributed by atoms with Gasteiger partial charge in [0.15, 0.2) is 0 Å². The molecule has 1 aromatic carbocycles. The highest BCUT2D eigenvalue weighted by Crippen LogP contribution is 2.26. The lowest BCUT2D eigenvalue weighted by Crippen LogP contribution is -2.24. The average Bonchev–Trinajstić information content (AvgIpc) is 2.65. The molecule has 2 aromatic heterocycles. The molecule has 0 spiro atoms. The van der Waals surface area contributed by atoms with Gasteiger partial charge in [-0.05, 0) is 23.8 Å². The molecule has 5 N–H and O–H groups in total. The summed E-state index contributed by atoms with van der Waals surface area (Å²) in [6, 6.07) is 6.35. The third-order valence-corrected chi connectivity index (χ3v) is 4.09. The van der Waals surface area contributed by atoms with Gasteiger partial charge in [-0.1, -0.05) is 6.07 Å². The van der Waals surface area contributed by atoms with Crippen molar-refractivity contribution in [2.75, 3.05) is 24.3 Å². The van der Waals surface area contributed by atoms with E-state index in [2.05, 4.69) is 15.6 Å². The van der Waals surface area contributed by atoms with Crippen LogP contribution in [0, 0.1) is 5.82 Å². The molecule has 0 aliphatic carbocycles. The highest BCUT2D eigenvalue weighted by atomic mass is 19.1. The number of aliphatic hydroxyl groups is 1. The minimum Gasteiger partial charge on any atom is -0.395 e. The Hall–Kier alpha value is -3.46. The number of pyridine rings is 2. The van der Waals surface area contributed by atoms with Gasteiger partial charge in [0, 0.05) is 36.8 Å². The maximum Gasteiger partial charge on any atom is 0.316 e. The molecule has 27 heavy (non-hydrogen) atoms. The highest BCUT2D eigenvalue weighted by molar-refractivity contribution is 5.90. The van der Waals surface area contributed by atoms with Crippen molar-refractivity contribution in [2.24, 2.45) is 5.73 Å². The molecule has 0 saturated carbocycles. The summed E-state index contributed by atoms with van der Waals surface area (Å²) in [6.07, 6.45) is 1.60. The number of hydrogen-bond acceptors (Lipinski definition) is 5. The fourth-order valence-electron chi connectivity index (χ4n) is 2.86. The van der Waals surface area contributed by atoms with E-state index < -0.39 is 11.8 Å². The van der Waals surface area contributed by atoms with E-state index in [1.807, 2.05) is 0 Å². The Bertz CT molecular complexity index is 1080. The summed E-state index contributed by atoms with van der Waals surface area (Å²) in [6.45, 7) is -0.141. The molecule has 0 saturated heterocycles. The monoisotopic (exact) mass is 371 g/mol. The number of hydrogen-bond donors (Lipinski definition) is 4. The van der Waals surface area contributed by atoms with Crippen molar-refractivity contribution in [3.63, 3.8) is 0 Å². The van der Waals surface area contributed by atoms with Crippen LogP contribution < -0.4 is 21.9 Å². The molecule has 3 aromatic rings. The van der Waals surface area contributed by atoms with Crippen molar-refractivity contribution >= 4 is 28.4 Å². The van der Waals surface area contributed by atoms with Crippen LogP contribution >= 0.6 is 0 Å². The fourth-order valence-corrected chi connectivity index (χ4v) is 2.86. The van der Waals surface area contributed by atoms with Crippen LogP contribution in [0.15, 0.2) is 41.3 Å². The van der Waals surface area contributed by atoms with Crippen molar-refractivity contribution < 1.29 is 14.3 Å². The first kappa shape index (κ1) is 18.3. The number of carbonyl (C=O) groups is 1. The van der Waals surface area contributed by atoms with Gasteiger partial charge in [0.2, 0.25) is 0 Å². The first-order valence-corrected chi connectivity index (χ1v) is 8.13. The summed E-state index contributed by atoms with van der Waals surface area (Å²) in [5.41, 5.74) is 5.85. The number of nitrogens with one attached hydrogen (secondary N) is 2. The van der Waals surface area contributed by atoms with Gasteiger partial charge in [0.25, 0.3) is 5.56 Å². The zero-order chi connectivity index (χ0) is 19.6. The smallest absolute Gasteiger partial charge is 0.316 e. The predicted octanol–water partition coefficient (Wildman–Crippen LogP) is 1.73. The van der Waals surface area contributed by atoms with E-state index in [-0.39, 0.29) is 30.0 Å². The average molecular weight is 371 g/mol. The van der Waals surface area contributed by atoms with Gasteiger partial charge in [-0.25, -0.2) is 14.2 Å². The highest BCUT2D eigenvalue weighted by Gasteiger charge is 2.14. The van der Waals surface area contributed by atoms with E-state index in [1.54, 1.807) is 25.4 Å². The van der Waals surface area contributed by atoms with Crippen LogP contribution in [0.3, 0.4) is 0 Å². The Morgan fingerprint density at radius 1 is 1.33 bits per heavy atom. The summed E-state index contributed by atoms with van der Waals surface area (Å²) < 4.78 is 15.3. The van der Waals surface area contributed by atoms with Gasteiger partial charge in [-0.2, -0.15) is 0 Å². The molecule has 2 heterocycles. The second kappa shape index (κ2) is 7.42. The van der Waals surface area contributed by atoms with Crippen LogP contribution in [0.4, 0.5) is 20.7 Å². The number of aromatic nitrogens is 2. The molecular formula is C18H18FN5O3. The largest absolute Gasteiger partial charge is 0.395 e. The van der Waals surface area contributed by atoms with Crippen LogP contribution in [0.2, 0.25) is 0 Å². The van der Waals surface area contributed by atoms with Gasteiger partial charge in [0.05, 0.1) is 17.8 Å². The molecule has 0 unspecified atom stereocenters. The number of anilines is 2. The summed E-state index contributed by atoms with van der Waals surface area (Å²) in [5.74, 6) is -0.0922. The Kier molecular flexibility index (Phi) is 5.04. The summed E-state index contributed by atoms with van der Waals surface area (Å²) in [7, 11) is 1.71. The van der Waals surface area contributed by atoms with Crippen LogP contribution in [-0.2, 0) is 6.54 Å². The molecule has 0 bridgehead atoms. The molecule has 0 aliphatic heterocycles. The number of benzene rings is 1. The molecule has 0 radical (unpaired) electrons. The number of halogens is 1. The zero-order valence-electron chi connectivity index (χ0n) is 14.5. The molecule has 0 aliphatic rings. The number of amides is 2. The number of fused-ring (bicyclic) bond motifs is 1. The number of primary amides is 1. The Balaban J connectivity index is 2.25. The van der Waals surface area contributed by atoms with Gasteiger partial charge >= 0.3 is 6.03 Å². The molecule has 0 atom stereocenters. The first-order chi connectivity index (χ1) is 12.9. The standard InChI is InChI=1S/C18H18FN5O3/c1-21-16-8-15-11(9-22-16)6-12(17(26)24(15)4-5-25)10-2-3-13(19)14(7-10)23-18(20)27/h2-3,6-9,25H,4-5H2,1H3,(H,21,22)(H3,20,23,27). The van der Waals surface area contributed by atoms with E-state index in [0.29, 0.717) is 22.3 Å². The number of urea groups is 1. The Labute approximate surface area is 153 Å². The summed E-state index contributed by atoms with van der Waals surface area (Å²) in [4.78, 5) is 28.3. The maximum absolute atomic E-state index is 13.9. The lowest BCUT2D eigenvalue weighted by atomic mass is 10.0. The fraction of sp³-hybridized carbons (Fsp3) is 0.167. The second-order valence-electron chi connectivity index (χ2n) is 5.80. The van der Waals surface area contributed by atoms with E-state index in [9.17, 15) is 19.1 Å². The first-order valence-electron chi connectivity index (χ1n) is 8.13. The minimum absolute atomic E-state index is 0.0872. The van der Waals surface area contributed by atoms with E-state index in [4.69, 9.17) is 5.73 Å². The van der Waals surface area contributed by atoms with Crippen LogP contribution in [0.1, 0.15) is 0 Å². The summed E-state index contributed by atoms with van der Waals surface area (Å²) in [5, 5.41) is 15.1.